The maximum atomic E-state index is 12.8. The molecule has 0 unspecified atom stereocenters. The Hall–Kier alpha value is -3.15. The lowest BCUT2D eigenvalue weighted by molar-refractivity contribution is -0.119. The van der Waals surface area contributed by atoms with Crippen LogP contribution in [0.15, 0.2) is 42.5 Å². The molecule has 0 atom stereocenters. The zero-order chi connectivity index (χ0) is 19.7. The van der Waals surface area contributed by atoms with Crippen molar-refractivity contribution in [3.63, 3.8) is 0 Å². The lowest BCUT2D eigenvalue weighted by Gasteiger charge is -2.30. The van der Waals surface area contributed by atoms with Gasteiger partial charge in [0.05, 0.1) is 18.2 Å². The van der Waals surface area contributed by atoms with Crippen molar-refractivity contribution in [3.8, 4) is 0 Å². The fraction of sp³-hybridized carbons (Fsp3) is 0.318. The summed E-state index contributed by atoms with van der Waals surface area (Å²) in [4.78, 5) is 39.2. The van der Waals surface area contributed by atoms with Gasteiger partial charge in [0, 0.05) is 23.8 Å². The number of nitrogens with zero attached hydrogens (tertiary/aromatic N) is 1. The SMILES string of the molecule is COC(=O)c1ccccc1C(=O)Nc1ccc2c(c1)N(C(=O)C1CC1)CCC2. The molecule has 1 N–H and O–H groups in total. The number of benzene rings is 2. The summed E-state index contributed by atoms with van der Waals surface area (Å²) in [6.07, 6.45) is 3.80. The number of nitrogens with one attached hydrogen (secondary N) is 1. The van der Waals surface area contributed by atoms with Crippen LogP contribution in [-0.4, -0.2) is 31.4 Å². The molecule has 1 aliphatic carbocycles. The van der Waals surface area contributed by atoms with Crippen LogP contribution in [0.4, 0.5) is 11.4 Å². The van der Waals surface area contributed by atoms with Gasteiger partial charge in [0.2, 0.25) is 5.91 Å². The van der Waals surface area contributed by atoms with Crippen molar-refractivity contribution in [2.75, 3.05) is 23.9 Å². The van der Waals surface area contributed by atoms with Crippen LogP contribution < -0.4 is 10.2 Å². The summed E-state index contributed by atoms with van der Waals surface area (Å²) in [7, 11) is 1.28. The third kappa shape index (κ3) is 3.50. The van der Waals surface area contributed by atoms with Crippen LogP contribution in [0.25, 0.3) is 0 Å². The minimum absolute atomic E-state index is 0.149. The number of methoxy groups -OCH3 is 1. The second-order valence-corrected chi connectivity index (χ2v) is 7.20. The minimum atomic E-state index is -0.558. The molecule has 1 aliphatic heterocycles. The predicted octanol–water partition coefficient (Wildman–Crippen LogP) is 3.41. The van der Waals surface area contributed by atoms with E-state index in [1.807, 2.05) is 23.1 Å². The molecular formula is C22H22N2O4. The highest BCUT2D eigenvalue weighted by Crippen LogP contribution is 2.37. The third-order valence-electron chi connectivity index (χ3n) is 5.23. The molecule has 1 fully saturated rings. The molecular weight excluding hydrogens is 356 g/mol. The standard InChI is InChI=1S/C22H22N2O4/c1-28-22(27)18-7-3-2-6-17(18)20(25)23-16-11-10-14-5-4-12-24(19(14)13-16)21(26)15-8-9-15/h2-3,6-7,10-11,13,15H,4-5,8-9,12H2,1H3,(H,23,25). The molecule has 2 aliphatic rings. The average Bonchev–Trinajstić information content (AvgIpc) is 3.57. The lowest BCUT2D eigenvalue weighted by atomic mass is 10.00. The highest BCUT2D eigenvalue weighted by molar-refractivity contribution is 6.11. The molecule has 28 heavy (non-hydrogen) atoms. The topological polar surface area (TPSA) is 75.7 Å². The van der Waals surface area contributed by atoms with E-state index in [0.29, 0.717) is 12.2 Å². The second kappa shape index (κ2) is 7.46. The van der Waals surface area contributed by atoms with E-state index >= 15 is 0 Å². The summed E-state index contributed by atoms with van der Waals surface area (Å²) in [5, 5.41) is 2.85. The van der Waals surface area contributed by atoms with Gasteiger partial charge in [0.15, 0.2) is 0 Å². The number of rotatable bonds is 4. The Balaban J connectivity index is 1.60. The second-order valence-electron chi connectivity index (χ2n) is 7.20. The zero-order valence-electron chi connectivity index (χ0n) is 15.7. The fourth-order valence-corrected chi connectivity index (χ4v) is 3.60. The van der Waals surface area contributed by atoms with Gasteiger partial charge in [-0.25, -0.2) is 4.79 Å². The first-order valence-electron chi connectivity index (χ1n) is 9.51. The molecule has 144 valence electrons. The van der Waals surface area contributed by atoms with Crippen molar-refractivity contribution in [1.29, 1.82) is 0 Å². The van der Waals surface area contributed by atoms with E-state index in [1.165, 1.54) is 7.11 Å². The molecule has 2 aromatic rings. The predicted molar refractivity (Wildman–Crippen MR) is 106 cm³/mol. The Morgan fingerprint density at radius 2 is 1.82 bits per heavy atom. The van der Waals surface area contributed by atoms with E-state index in [2.05, 4.69) is 5.32 Å². The quantitative estimate of drug-likeness (QED) is 0.827. The van der Waals surface area contributed by atoms with Crippen LogP contribution in [0.5, 0.6) is 0 Å². The van der Waals surface area contributed by atoms with Crippen LogP contribution in [0, 0.1) is 5.92 Å². The molecule has 2 amide bonds. The summed E-state index contributed by atoms with van der Waals surface area (Å²) in [5.41, 5.74) is 3.05. The maximum absolute atomic E-state index is 12.8. The van der Waals surface area contributed by atoms with Crippen molar-refractivity contribution in [2.24, 2.45) is 5.92 Å². The van der Waals surface area contributed by atoms with Crippen LogP contribution in [0.1, 0.15) is 45.5 Å². The number of carbonyl (C=O) groups is 3. The van der Waals surface area contributed by atoms with Gasteiger partial charge in [-0.2, -0.15) is 0 Å². The normalized spacial score (nSPS) is 15.5. The smallest absolute Gasteiger partial charge is 0.338 e. The maximum Gasteiger partial charge on any atom is 0.338 e. The molecule has 0 bridgehead atoms. The van der Waals surface area contributed by atoms with Crippen molar-refractivity contribution >= 4 is 29.2 Å². The number of ether oxygens (including phenoxy) is 1. The summed E-state index contributed by atoms with van der Waals surface area (Å²) < 4.78 is 4.76. The van der Waals surface area contributed by atoms with Gasteiger partial charge in [-0.15, -0.1) is 0 Å². The van der Waals surface area contributed by atoms with Crippen molar-refractivity contribution in [1.82, 2.24) is 0 Å². The Kier molecular flexibility index (Phi) is 4.86. The summed E-state index contributed by atoms with van der Waals surface area (Å²) in [5.74, 6) is -0.620. The summed E-state index contributed by atoms with van der Waals surface area (Å²) in [6, 6.07) is 12.2. The number of hydrogen-bond acceptors (Lipinski definition) is 4. The molecule has 0 aromatic heterocycles. The van der Waals surface area contributed by atoms with E-state index in [-0.39, 0.29) is 23.0 Å². The van der Waals surface area contributed by atoms with Crippen LogP contribution in [0.2, 0.25) is 0 Å². The minimum Gasteiger partial charge on any atom is -0.465 e. The van der Waals surface area contributed by atoms with Gasteiger partial charge < -0.3 is 15.0 Å². The zero-order valence-corrected chi connectivity index (χ0v) is 15.7. The average molecular weight is 378 g/mol. The molecule has 0 saturated heterocycles. The number of amides is 2. The Morgan fingerprint density at radius 3 is 2.54 bits per heavy atom. The van der Waals surface area contributed by atoms with Gasteiger partial charge in [-0.05, 0) is 55.5 Å². The van der Waals surface area contributed by atoms with E-state index in [1.54, 1.807) is 24.3 Å². The molecule has 4 rings (SSSR count). The number of aryl methyl sites for hydroxylation is 1. The molecule has 6 heteroatoms. The first-order valence-corrected chi connectivity index (χ1v) is 9.51. The number of anilines is 2. The molecule has 1 heterocycles. The largest absolute Gasteiger partial charge is 0.465 e. The van der Waals surface area contributed by atoms with Crippen LogP contribution in [-0.2, 0) is 16.0 Å². The van der Waals surface area contributed by atoms with E-state index < -0.39 is 11.9 Å². The number of esters is 1. The van der Waals surface area contributed by atoms with E-state index in [9.17, 15) is 14.4 Å². The molecule has 2 aromatic carbocycles. The van der Waals surface area contributed by atoms with E-state index in [0.717, 1.165) is 36.9 Å². The van der Waals surface area contributed by atoms with Gasteiger partial charge in [0.25, 0.3) is 5.91 Å². The van der Waals surface area contributed by atoms with Gasteiger partial charge >= 0.3 is 5.97 Å². The molecule has 6 nitrogen and oxygen atoms in total. The van der Waals surface area contributed by atoms with Gasteiger partial charge in [-0.3, -0.25) is 9.59 Å². The van der Waals surface area contributed by atoms with Crippen LogP contribution >= 0.6 is 0 Å². The highest BCUT2D eigenvalue weighted by atomic mass is 16.5. The molecule has 0 spiro atoms. The number of fused-ring (bicyclic) bond motifs is 1. The highest BCUT2D eigenvalue weighted by Gasteiger charge is 2.35. The van der Waals surface area contributed by atoms with Gasteiger partial charge in [-0.1, -0.05) is 18.2 Å². The summed E-state index contributed by atoms with van der Waals surface area (Å²) >= 11 is 0. The first-order chi connectivity index (χ1) is 13.6. The van der Waals surface area contributed by atoms with Crippen molar-refractivity contribution in [2.45, 2.75) is 25.7 Å². The Morgan fingerprint density at radius 1 is 1.07 bits per heavy atom. The van der Waals surface area contributed by atoms with Crippen LogP contribution in [0.3, 0.4) is 0 Å². The molecule has 0 radical (unpaired) electrons. The van der Waals surface area contributed by atoms with Gasteiger partial charge in [0.1, 0.15) is 0 Å². The fourth-order valence-electron chi connectivity index (χ4n) is 3.60. The number of carbonyl (C=O) groups excluding carboxylic acids is 3. The third-order valence-corrected chi connectivity index (χ3v) is 5.23. The number of hydrogen-bond donors (Lipinski definition) is 1. The Bertz CT molecular complexity index is 949. The lowest BCUT2D eigenvalue weighted by Crippen LogP contribution is -2.36. The van der Waals surface area contributed by atoms with Crippen molar-refractivity contribution in [3.05, 3.63) is 59.2 Å². The first kappa shape index (κ1) is 18.2. The molecule has 1 saturated carbocycles. The van der Waals surface area contributed by atoms with Crippen molar-refractivity contribution < 1.29 is 19.1 Å². The van der Waals surface area contributed by atoms with E-state index in [4.69, 9.17) is 4.74 Å². The monoisotopic (exact) mass is 378 g/mol. The summed E-state index contributed by atoms with van der Waals surface area (Å²) in [6.45, 7) is 0.713. The Labute approximate surface area is 163 Å².